The summed E-state index contributed by atoms with van der Waals surface area (Å²) in [6.07, 6.45) is 9.00. The van der Waals surface area contributed by atoms with E-state index >= 15 is 0 Å². The molecule has 0 heterocycles. The maximum Gasteiger partial charge on any atom is 0.350 e. The smallest absolute Gasteiger partial charge is 0.350 e. The Morgan fingerprint density at radius 2 is 1.81 bits per heavy atom. The van der Waals surface area contributed by atoms with Crippen LogP contribution in [-0.4, -0.2) is 31.4 Å². The Morgan fingerprint density at radius 3 is 2.32 bits per heavy atom. The van der Waals surface area contributed by atoms with E-state index in [0.717, 1.165) is 5.57 Å². The van der Waals surface area contributed by atoms with Crippen LogP contribution < -0.4 is 4.74 Å². The van der Waals surface area contributed by atoms with E-state index in [1.54, 1.807) is 55.7 Å². The lowest BCUT2D eigenvalue weighted by Gasteiger charge is -2.14. The lowest BCUT2D eigenvalue weighted by atomic mass is 9.97. The van der Waals surface area contributed by atoms with Crippen LogP contribution in [0.2, 0.25) is 5.02 Å². The van der Waals surface area contributed by atoms with Crippen molar-refractivity contribution in [3.63, 3.8) is 0 Å². The molecule has 5 nitrogen and oxygen atoms in total. The van der Waals surface area contributed by atoms with Crippen molar-refractivity contribution in [3.05, 3.63) is 70.3 Å². The minimum Gasteiger partial charge on any atom is -0.506 e. The second kappa shape index (κ2) is 12.9. The number of rotatable bonds is 5. The van der Waals surface area contributed by atoms with Gasteiger partial charge in [-0.15, -0.1) is 6.42 Å². The van der Waals surface area contributed by atoms with Crippen molar-refractivity contribution in [1.82, 2.24) is 0 Å². The van der Waals surface area contributed by atoms with Gasteiger partial charge in [0, 0.05) is 17.6 Å². The lowest BCUT2D eigenvalue weighted by Crippen LogP contribution is -2.07. The van der Waals surface area contributed by atoms with Gasteiger partial charge < -0.3 is 19.6 Å². The number of aliphatic hydroxyl groups excluding tert-OH is 1. The zero-order chi connectivity index (χ0) is 23.4. The minimum absolute atomic E-state index is 0.244. The molecule has 6 heteroatoms. The highest BCUT2D eigenvalue weighted by Crippen LogP contribution is 2.32. The molecule has 0 atom stereocenters. The van der Waals surface area contributed by atoms with Crippen molar-refractivity contribution in [2.45, 2.75) is 20.8 Å². The number of aliphatic imine (C=N–C) groups is 1. The molecule has 0 aliphatic rings. The molecule has 2 aromatic rings. The number of allylic oxidation sites excluding steroid dienone is 2. The normalized spacial score (nSPS) is 11.7. The Morgan fingerprint density at radius 1 is 1.16 bits per heavy atom. The molecule has 0 fully saturated rings. The number of nitrogens with zero attached hydrogens (tertiary/aromatic N) is 1. The van der Waals surface area contributed by atoms with E-state index in [1.165, 1.54) is 7.11 Å². The van der Waals surface area contributed by atoms with Gasteiger partial charge in [0.15, 0.2) is 5.57 Å². The molecule has 0 saturated heterocycles. The highest BCUT2D eigenvalue weighted by atomic mass is 35.5. The number of methoxy groups -OCH3 is 1. The SMILES string of the molecule is C#C/C(C(=O)OC)=C(/O)c1ccc(Oc2cccc(Cl)c2)cc1/C(C)=C\C.CC=NC. The lowest BCUT2D eigenvalue weighted by molar-refractivity contribution is -0.135. The molecule has 0 aliphatic heterocycles. The first kappa shape index (κ1) is 25.5. The topological polar surface area (TPSA) is 68.1 Å². The Balaban J connectivity index is 0.00000110. The van der Waals surface area contributed by atoms with Crippen molar-refractivity contribution in [2.75, 3.05) is 14.2 Å². The molecule has 1 N–H and O–H groups in total. The summed E-state index contributed by atoms with van der Waals surface area (Å²) in [6, 6.07) is 12.1. The highest BCUT2D eigenvalue weighted by Gasteiger charge is 2.19. The second-order valence-corrected chi connectivity index (χ2v) is 6.55. The average molecular weight is 440 g/mol. The van der Waals surface area contributed by atoms with E-state index in [2.05, 4.69) is 15.6 Å². The Hall–Kier alpha value is -3.49. The first-order valence-electron chi connectivity index (χ1n) is 9.38. The third-order valence-electron chi connectivity index (χ3n) is 4.16. The molecular weight excluding hydrogens is 414 g/mol. The van der Waals surface area contributed by atoms with Crippen LogP contribution in [0, 0.1) is 12.3 Å². The number of carbonyl (C=O) groups is 1. The van der Waals surface area contributed by atoms with Crippen molar-refractivity contribution in [3.8, 4) is 23.8 Å². The second-order valence-electron chi connectivity index (χ2n) is 6.11. The molecule has 0 aromatic heterocycles. The molecule has 162 valence electrons. The van der Waals surface area contributed by atoms with E-state index in [4.69, 9.17) is 22.8 Å². The van der Waals surface area contributed by atoms with Gasteiger partial charge in [-0.05, 0) is 74.5 Å². The average Bonchev–Trinajstić information content (AvgIpc) is 2.78. The van der Waals surface area contributed by atoms with Crippen LogP contribution in [0.1, 0.15) is 31.9 Å². The number of hydrogen-bond acceptors (Lipinski definition) is 5. The predicted octanol–water partition coefficient (Wildman–Crippen LogP) is 6.34. The fraction of sp³-hybridized carbons (Fsp3) is 0.200. The van der Waals surface area contributed by atoms with E-state index < -0.39 is 5.97 Å². The van der Waals surface area contributed by atoms with Crippen LogP contribution in [0.25, 0.3) is 11.3 Å². The van der Waals surface area contributed by atoms with Gasteiger partial charge in [0.25, 0.3) is 0 Å². The van der Waals surface area contributed by atoms with Crippen LogP contribution in [0.15, 0.2) is 59.1 Å². The maximum absolute atomic E-state index is 11.8. The van der Waals surface area contributed by atoms with E-state index in [0.29, 0.717) is 27.6 Å². The third-order valence-corrected chi connectivity index (χ3v) is 4.40. The molecule has 0 spiro atoms. The first-order valence-corrected chi connectivity index (χ1v) is 9.76. The number of hydrogen-bond donors (Lipinski definition) is 1. The fourth-order valence-corrected chi connectivity index (χ4v) is 2.58. The number of carbonyl (C=O) groups excluding carboxylic acids is 1. The number of esters is 1. The van der Waals surface area contributed by atoms with E-state index in [1.807, 2.05) is 26.8 Å². The summed E-state index contributed by atoms with van der Waals surface area (Å²) in [5.74, 6) is 2.21. The molecule has 0 unspecified atom stereocenters. The number of terminal acetylenes is 1. The molecule has 2 aromatic carbocycles. The summed E-state index contributed by atoms with van der Waals surface area (Å²) < 4.78 is 10.5. The summed E-state index contributed by atoms with van der Waals surface area (Å²) in [5.41, 5.74) is 1.70. The van der Waals surface area contributed by atoms with Crippen LogP contribution in [0.4, 0.5) is 0 Å². The summed E-state index contributed by atoms with van der Waals surface area (Å²) in [7, 11) is 2.95. The van der Waals surface area contributed by atoms with Crippen LogP contribution in [0.5, 0.6) is 11.5 Å². The number of aliphatic hydroxyl groups is 1. The van der Waals surface area contributed by atoms with Crippen LogP contribution in [-0.2, 0) is 9.53 Å². The van der Waals surface area contributed by atoms with Crippen LogP contribution >= 0.6 is 11.6 Å². The summed E-state index contributed by atoms with van der Waals surface area (Å²) >= 11 is 5.99. The maximum atomic E-state index is 11.8. The number of halogens is 1. The monoisotopic (exact) mass is 439 g/mol. The van der Waals surface area contributed by atoms with Gasteiger partial charge in [0.2, 0.25) is 0 Å². The van der Waals surface area contributed by atoms with Gasteiger partial charge in [0.05, 0.1) is 7.11 Å². The van der Waals surface area contributed by atoms with E-state index in [-0.39, 0.29) is 11.3 Å². The third kappa shape index (κ3) is 7.36. The zero-order valence-electron chi connectivity index (χ0n) is 18.3. The Kier molecular flexibility index (Phi) is 10.7. The largest absolute Gasteiger partial charge is 0.506 e. The first-order chi connectivity index (χ1) is 14.8. The molecular formula is C25H26ClNO4. The van der Waals surface area contributed by atoms with E-state index in [9.17, 15) is 9.90 Å². The van der Waals surface area contributed by atoms with Crippen molar-refractivity contribution in [1.29, 1.82) is 0 Å². The number of ether oxygens (including phenoxy) is 2. The summed E-state index contributed by atoms with van der Waals surface area (Å²) in [4.78, 5) is 15.4. The summed E-state index contributed by atoms with van der Waals surface area (Å²) in [6.45, 7) is 5.63. The number of benzene rings is 2. The molecule has 0 bridgehead atoms. The van der Waals surface area contributed by atoms with Gasteiger partial charge >= 0.3 is 5.97 Å². The fourth-order valence-electron chi connectivity index (χ4n) is 2.40. The predicted molar refractivity (Wildman–Crippen MR) is 128 cm³/mol. The molecule has 0 amide bonds. The molecule has 0 saturated carbocycles. The quantitative estimate of drug-likeness (QED) is 0.194. The molecule has 31 heavy (non-hydrogen) atoms. The molecule has 0 aliphatic carbocycles. The highest BCUT2D eigenvalue weighted by molar-refractivity contribution is 6.30. The Labute approximate surface area is 188 Å². The van der Waals surface area contributed by atoms with Crippen molar-refractivity contribution in [2.24, 2.45) is 4.99 Å². The zero-order valence-corrected chi connectivity index (χ0v) is 19.0. The van der Waals surface area contributed by atoms with Gasteiger partial charge in [-0.25, -0.2) is 4.79 Å². The molecule has 0 radical (unpaired) electrons. The van der Waals surface area contributed by atoms with Gasteiger partial charge in [-0.1, -0.05) is 29.7 Å². The standard InChI is InChI=1S/C22H19ClO4.C3H7N/c1-5-14(3)20-13-17(27-16-9-7-8-15(23)12-16)10-11-19(20)21(24)18(6-2)22(25)26-4;1-3-4-2/h2,5,7-13,24H,1,3-4H3;3H,1-2H3/b14-5-,21-18-;. The van der Waals surface area contributed by atoms with Crippen LogP contribution in [0.3, 0.4) is 0 Å². The van der Waals surface area contributed by atoms with Gasteiger partial charge in [-0.2, -0.15) is 0 Å². The van der Waals surface area contributed by atoms with Crippen molar-refractivity contribution >= 4 is 35.1 Å². The van der Waals surface area contributed by atoms with Crippen molar-refractivity contribution < 1.29 is 19.4 Å². The summed E-state index contributed by atoms with van der Waals surface area (Å²) in [5, 5.41) is 11.1. The van der Waals surface area contributed by atoms with Gasteiger partial charge in [0.1, 0.15) is 17.3 Å². The Bertz CT molecular complexity index is 1040. The van der Waals surface area contributed by atoms with Gasteiger partial charge in [-0.3, -0.25) is 0 Å². The molecule has 2 rings (SSSR count). The minimum atomic E-state index is -0.779.